The Labute approximate surface area is 217 Å². The molecule has 3 heterocycles. The predicted octanol–water partition coefficient (Wildman–Crippen LogP) is 5.06. The minimum absolute atomic E-state index is 0. The van der Waals surface area contributed by atoms with Crippen molar-refractivity contribution >= 4 is 46.3 Å². The Morgan fingerprint density at radius 1 is 1.12 bits per heavy atom. The second kappa shape index (κ2) is 13.4. The van der Waals surface area contributed by atoms with Crippen molar-refractivity contribution in [3.05, 3.63) is 77.4 Å². The Balaban J connectivity index is 0.00000306. The van der Waals surface area contributed by atoms with Crippen LogP contribution in [0.1, 0.15) is 31.0 Å². The summed E-state index contributed by atoms with van der Waals surface area (Å²) in [6.07, 6.45) is 4.01. The third kappa shape index (κ3) is 7.89. The first-order valence-corrected chi connectivity index (χ1v) is 12.1. The predicted molar refractivity (Wildman–Crippen MR) is 148 cm³/mol. The molecule has 1 fully saturated rings. The number of ether oxygens (including phenoxy) is 1. The van der Waals surface area contributed by atoms with E-state index in [0.29, 0.717) is 19.2 Å². The van der Waals surface area contributed by atoms with Crippen LogP contribution in [-0.2, 0) is 13.2 Å². The molecule has 1 aromatic carbocycles. The third-order valence-corrected chi connectivity index (χ3v) is 6.38. The normalized spacial score (nSPS) is 14.5. The van der Waals surface area contributed by atoms with Crippen molar-refractivity contribution in [1.82, 2.24) is 15.6 Å². The van der Waals surface area contributed by atoms with Crippen LogP contribution >= 0.6 is 35.3 Å². The van der Waals surface area contributed by atoms with Gasteiger partial charge in [-0.05, 0) is 67.1 Å². The fourth-order valence-electron chi connectivity index (χ4n) is 3.71. The van der Waals surface area contributed by atoms with Crippen LogP contribution in [-0.4, -0.2) is 36.6 Å². The Bertz CT molecular complexity index is 958. The molecule has 0 bridgehead atoms. The largest absolute Gasteiger partial charge is 0.487 e. The summed E-state index contributed by atoms with van der Waals surface area (Å²) in [5.41, 5.74) is 2.07. The minimum atomic E-state index is 0. The molecule has 0 aliphatic carbocycles. The highest BCUT2D eigenvalue weighted by Crippen LogP contribution is 2.24. The van der Waals surface area contributed by atoms with Gasteiger partial charge >= 0.3 is 0 Å². The second-order valence-corrected chi connectivity index (χ2v) is 8.73. The number of hydrogen-bond donors (Lipinski definition) is 2. The van der Waals surface area contributed by atoms with Crippen LogP contribution in [0, 0.1) is 0 Å². The Morgan fingerprint density at radius 3 is 2.61 bits per heavy atom. The average Bonchev–Trinajstić information content (AvgIpc) is 3.38. The summed E-state index contributed by atoms with van der Waals surface area (Å²) in [4.78, 5) is 11.6. The Hall–Kier alpha value is -2.33. The van der Waals surface area contributed by atoms with Gasteiger partial charge in [-0.3, -0.25) is 4.98 Å². The van der Waals surface area contributed by atoms with Crippen molar-refractivity contribution in [2.45, 2.75) is 39.0 Å². The number of rotatable bonds is 8. The molecular weight excluding hydrogens is 545 g/mol. The van der Waals surface area contributed by atoms with Gasteiger partial charge in [0.2, 0.25) is 0 Å². The summed E-state index contributed by atoms with van der Waals surface area (Å²) in [5.74, 6) is 1.73. The average molecular weight is 578 g/mol. The van der Waals surface area contributed by atoms with Crippen molar-refractivity contribution in [3.63, 3.8) is 0 Å². The standard InChI is InChI=1S/C25H31N5OS.HI/c1-2-26-25(29-21-12-15-30(16-13-21)24-7-5-17-32-24)28-18-20-8-10-23(11-9-20)31-19-22-6-3-4-14-27-22;/h3-11,14,17,21H,2,12-13,15-16,18-19H2,1H3,(H2,26,28,29);1H. The van der Waals surface area contributed by atoms with Gasteiger partial charge in [-0.15, -0.1) is 35.3 Å². The van der Waals surface area contributed by atoms with Crippen LogP contribution in [0.5, 0.6) is 5.75 Å². The molecule has 8 heteroatoms. The maximum atomic E-state index is 5.82. The van der Waals surface area contributed by atoms with Gasteiger partial charge in [-0.2, -0.15) is 0 Å². The highest BCUT2D eigenvalue weighted by Gasteiger charge is 2.20. The first-order valence-electron chi connectivity index (χ1n) is 11.2. The molecule has 0 unspecified atom stereocenters. The van der Waals surface area contributed by atoms with Crippen LogP contribution in [0.15, 0.2) is 71.2 Å². The van der Waals surface area contributed by atoms with Gasteiger partial charge in [-0.25, -0.2) is 4.99 Å². The van der Waals surface area contributed by atoms with Gasteiger partial charge < -0.3 is 20.3 Å². The Kier molecular flexibility index (Phi) is 10.3. The molecule has 0 atom stereocenters. The lowest BCUT2D eigenvalue weighted by Crippen LogP contribution is -2.48. The molecule has 2 aromatic heterocycles. The van der Waals surface area contributed by atoms with Crippen LogP contribution in [0.3, 0.4) is 0 Å². The van der Waals surface area contributed by atoms with E-state index in [0.717, 1.165) is 55.4 Å². The zero-order valence-electron chi connectivity index (χ0n) is 18.9. The first kappa shape index (κ1) is 25.3. The molecule has 0 saturated carbocycles. The molecule has 0 amide bonds. The fraction of sp³-hybridized carbons (Fsp3) is 0.360. The van der Waals surface area contributed by atoms with Crippen LogP contribution in [0.2, 0.25) is 0 Å². The maximum absolute atomic E-state index is 5.82. The summed E-state index contributed by atoms with van der Waals surface area (Å²) >= 11 is 1.82. The van der Waals surface area contributed by atoms with Crippen LogP contribution in [0.25, 0.3) is 0 Å². The summed E-state index contributed by atoms with van der Waals surface area (Å²) in [6, 6.07) is 18.7. The van der Waals surface area contributed by atoms with Gasteiger partial charge in [0.25, 0.3) is 0 Å². The van der Waals surface area contributed by atoms with Gasteiger partial charge in [0, 0.05) is 31.9 Å². The molecule has 4 rings (SSSR count). The lowest BCUT2D eigenvalue weighted by molar-refractivity contribution is 0.301. The van der Waals surface area contributed by atoms with Crippen molar-refractivity contribution in [2.24, 2.45) is 4.99 Å². The molecule has 1 aliphatic rings. The van der Waals surface area contributed by atoms with E-state index in [1.165, 1.54) is 5.00 Å². The number of anilines is 1. The van der Waals surface area contributed by atoms with E-state index in [1.54, 1.807) is 6.20 Å². The van der Waals surface area contributed by atoms with E-state index in [-0.39, 0.29) is 24.0 Å². The smallest absolute Gasteiger partial charge is 0.191 e. The molecule has 0 spiro atoms. The zero-order chi connectivity index (χ0) is 22.0. The van der Waals surface area contributed by atoms with E-state index < -0.39 is 0 Å². The zero-order valence-corrected chi connectivity index (χ0v) is 22.1. The number of thiophene rings is 1. The minimum Gasteiger partial charge on any atom is -0.487 e. The van der Waals surface area contributed by atoms with E-state index in [2.05, 4.69) is 57.1 Å². The lowest BCUT2D eigenvalue weighted by Gasteiger charge is -2.33. The molecule has 33 heavy (non-hydrogen) atoms. The number of benzene rings is 1. The van der Waals surface area contributed by atoms with E-state index in [4.69, 9.17) is 9.73 Å². The molecular formula is C25H32IN5OS. The quantitative estimate of drug-likeness (QED) is 0.223. The third-order valence-electron chi connectivity index (χ3n) is 5.45. The maximum Gasteiger partial charge on any atom is 0.191 e. The summed E-state index contributed by atoms with van der Waals surface area (Å²) < 4.78 is 5.82. The van der Waals surface area contributed by atoms with Gasteiger partial charge in [0.1, 0.15) is 12.4 Å². The van der Waals surface area contributed by atoms with Crippen molar-refractivity contribution in [1.29, 1.82) is 0 Å². The number of aromatic nitrogens is 1. The van der Waals surface area contributed by atoms with Crippen molar-refractivity contribution in [2.75, 3.05) is 24.5 Å². The van der Waals surface area contributed by atoms with Crippen molar-refractivity contribution in [3.8, 4) is 5.75 Å². The number of aliphatic imine (C=N–C) groups is 1. The van der Waals surface area contributed by atoms with E-state index in [1.807, 2.05) is 41.7 Å². The van der Waals surface area contributed by atoms with Crippen molar-refractivity contribution < 1.29 is 4.74 Å². The van der Waals surface area contributed by atoms with Gasteiger partial charge in [-0.1, -0.05) is 18.2 Å². The number of guanidine groups is 1. The second-order valence-electron chi connectivity index (χ2n) is 7.81. The van der Waals surface area contributed by atoms with Crippen LogP contribution < -0.4 is 20.3 Å². The number of halogens is 1. The molecule has 1 saturated heterocycles. The number of piperidine rings is 1. The molecule has 2 N–H and O–H groups in total. The summed E-state index contributed by atoms with van der Waals surface area (Å²) in [7, 11) is 0. The fourth-order valence-corrected chi connectivity index (χ4v) is 4.49. The van der Waals surface area contributed by atoms with Gasteiger partial charge in [0.05, 0.1) is 17.2 Å². The molecule has 3 aromatic rings. The summed E-state index contributed by atoms with van der Waals surface area (Å²) in [6.45, 7) is 6.21. The molecule has 176 valence electrons. The number of hydrogen-bond acceptors (Lipinski definition) is 5. The van der Waals surface area contributed by atoms with Crippen LogP contribution in [0.4, 0.5) is 5.00 Å². The molecule has 6 nitrogen and oxygen atoms in total. The first-order chi connectivity index (χ1) is 15.8. The monoisotopic (exact) mass is 577 g/mol. The lowest BCUT2D eigenvalue weighted by atomic mass is 10.1. The number of nitrogens with zero attached hydrogens (tertiary/aromatic N) is 3. The van der Waals surface area contributed by atoms with E-state index >= 15 is 0 Å². The SMILES string of the molecule is CCNC(=NCc1ccc(OCc2ccccn2)cc1)NC1CCN(c2cccs2)CC1.I. The van der Waals surface area contributed by atoms with Gasteiger partial charge in [0.15, 0.2) is 5.96 Å². The number of pyridine rings is 1. The highest BCUT2D eigenvalue weighted by molar-refractivity contribution is 14.0. The Morgan fingerprint density at radius 2 is 1.94 bits per heavy atom. The highest BCUT2D eigenvalue weighted by atomic mass is 127. The molecule has 1 aliphatic heterocycles. The summed E-state index contributed by atoms with van der Waals surface area (Å²) in [5, 5.41) is 10.5. The number of nitrogens with one attached hydrogen (secondary N) is 2. The molecule has 0 radical (unpaired) electrons. The topological polar surface area (TPSA) is 61.8 Å². The van der Waals surface area contributed by atoms with E-state index in [9.17, 15) is 0 Å².